The number of thiophene rings is 1. The van der Waals surface area contributed by atoms with Crippen LogP contribution in [0.25, 0.3) is 10.2 Å². The first-order valence-corrected chi connectivity index (χ1v) is 15.0. The highest BCUT2D eigenvalue weighted by molar-refractivity contribution is 7.23. The summed E-state index contributed by atoms with van der Waals surface area (Å²) in [6.45, 7) is 13.6. The molecular formula is C29H41N5O4S. The number of carbonyl (C=O) groups excluding carboxylic acids is 3. The lowest BCUT2D eigenvalue weighted by atomic mass is 9.77. The van der Waals surface area contributed by atoms with Crippen molar-refractivity contribution in [1.29, 1.82) is 0 Å². The Morgan fingerprint density at radius 2 is 1.90 bits per heavy atom. The van der Waals surface area contributed by atoms with E-state index in [1.54, 1.807) is 6.20 Å². The maximum absolute atomic E-state index is 13.8. The molecule has 1 atom stereocenters. The third-order valence-corrected chi connectivity index (χ3v) is 9.37. The summed E-state index contributed by atoms with van der Waals surface area (Å²) in [6.07, 6.45) is 5.83. The van der Waals surface area contributed by atoms with Crippen molar-refractivity contribution in [2.24, 2.45) is 5.41 Å². The third kappa shape index (κ3) is 5.63. The highest BCUT2D eigenvalue weighted by Gasteiger charge is 2.50. The number of rotatable bonds is 4. The van der Waals surface area contributed by atoms with E-state index in [1.165, 1.54) is 11.3 Å². The number of anilines is 1. The van der Waals surface area contributed by atoms with Crippen molar-refractivity contribution in [2.45, 2.75) is 84.4 Å². The van der Waals surface area contributed by atoms with Gasteiger partial charge in [0.2, 0.25) is 5.91 Å². The van der Waals surface area contributed by atoms with Crippen LogP contribution in [-0.2, 0) is 9.53 Å². The fourth-order valence-electron chi connectivity index (χ4n) is 6.42. The molecule has 0 aliphatic carbocycles. The van der Waals surface area contributed by atoms with E-state index in [-0.39, 0.29) is 17.4 Å². The van der Waals surface area contributed by atoms with E-state index in [9.17, 15) is 14.4 Å². The molecule has 5 heterocycles. The third-order valence-electron chi connectivity index (χ3n) is 8.34. The molecule has 9 nitrogen and oxygen atoms in total. The number of nitrogens with one attached hydrogen (secondary N) is 1. The number of hydrogen-bond acceptors (Lipinski definition) is 7. The molecule has 3 aliphatic rings. The molecule has 1 spiro atoms. The minimum atomic E-state index is -0.645. The van der Waals surface area contributed by atoms with Crippen LogP contribution in [0.1, 0.15) is 77.1 Å². The molecule has 0 bridgehead atoms. The van der Waals surface area contributed by atoms with Gasteiger partial charge in [0.25, 0.3) is 5.91 Å². The van der Waals surface area contributed by atoms with Gasteiger partial charge in [-0.1, -0.05) is 11.3 Å². The summed E-state index contributed by atoms with van der Waals surface area (Å²) >= 11 is 1.29. The molecule has 212 valence electrons. The second-order valence-corrected chi connectivity index (χ2v) is 13.5. The lowest BCUT2D eigenvalue weighted by molar-refractivity contribution is -0.140. The van der Waals surface area contributed by atoms with Crippen LogP contribution in [0.15, 0.2) is 18.3 Å². The van der Waals surface area contributed by atoms with E-state index in [4.69, 9.17) is 4.74 Å². The Morgan fingerprint density at radius 1 is 1.15 bits per heavy atom. The standard InChI is InChI=1S/C29H41N5O4S/c1-19(2)34-17-12-29(26(34)36)11-7-14-33(18-29)20-9-15-32(16-10-20)25(35)22-21-8-6-13-30-23(21)39-24(22)31-27(37)38-28(3,4)5/h6,8,13,19-20H,7,9-12,14-18H2,1-5H3,(H,31,37). The molecule has 39 heavy (non-hydrogen) atoms. The zero-order valence-corrected chi connectivity index (χ0v) is 24.6. The van der Waals surface area contributed by atoms with Crippen molar-refractivity contribution in [3.05, 3.63) is 23.9 Å². The molecule has 0 radical (unpaired) electrons. The molecule has 0 saturated carbocycles. The van der Waals surface area contributed by atoms with Crippen LogP contribution in [0.3, 0.4) is 0 Å². The number of amides is 3. The second-order valence-electron chi connectivity index (χ2n) is 12.5. The number of pyridine rings is 1. The Labute approximate surface area is 234 Å². The van der Waals surface area contributed by atoms with Gasteiger partial charge in [-0.15, -0.1) is 0 Å². The second kappa shape index (κ2) is 10.7. The summed E-state index contributed by atoms with van der Waals surface area (Å²) in [5.74, 6) is 0.241. The van der Waals surface area contributed by atoms with Crippen molar-refractivity contribution < 1.29 is 19.1 Å². The molecular weight excluding hydrogens is 514 g/mol. The largest absolute Gasteiger partial charge is 0.444 e. The highest BCUT2D eigenvalue weighted by Crippen LogP contribution is 2.42. The first-order chi connectivity index (χ1) is 18.5. The number of ether oxygens (including phenoxy) is 1. The van der Waals surface area contributed by atoms with Gasteiger partial charge >= 0.3 is 6.09 Å². The van der Waals surface area contributed by atoms with E-state index in [1.807, 2.05) is 42.7 Å². The van der Waals surface area contributed by atoms with Gasteiger partial charge in [0.15, 0.2) is 0 Å². The maximum atomic E-state index is 13.8. The molecule has 3 aliphatic heterocycles. The molecule has 1 N–H and O–H groups in total. The Bertz CT molecular complexity index is 1250. The quantitative estimate of drug-likeness (QED) is 0.572. The van der Waals surface area contributed by atoms with Crippen LogP contribution < -0.4 is 5.32 Å². The van der Waals surface area contributed by atoms with Gasteiger partial charge in [0.05, 0.1) is 11.0 Å². The lowest BCUT2D eigenvalue weighted by Crippen LogP contribution is -2.54. The lowest BCUT2D eigenvalue weighted by Gasteiger charge is -2.45. The van der Waals surface area contributed by atoms with Gasteiger partial charge < -0.3 is 14.5 Å². The summed E-state index contributed by atoms with van der Waals surface area (Å²) in [5.41, 5.74) is -0.399. The van der Waals surface area contributed by atoms with Crippen molar-refractivity contribution in [2.75, 3.05) is 38.0 Å². The van der Waals surface area contributed by atoms with Crippen LogP contribution in [0, 0.1) is 5.41 Å². The van der Waals surface area contributed by atoms with Gasteiger partial charge in [-0.05, 0) is 85.4 Å². The Hall–Kier alpha value is -2.72. The monoisotopic (exact) mass is 555 g/mol. The van der Waals surface area contributed by atoms with Crippen molar-refractivity contribution in [3.63, 3.8) is 0 Å². The number of likely N-dealkylation sites (tertiary alicyclic amines) is 3. The van der Waals surface area contributed by atoms with Crippen molar-refractivity contribution >= 4 is 44.5 Å². The fraction of sp³-hybridized carbons (Fsp3) is 0.655. The summed E-state index contributed by atoms with van der Waals surface area (Å²) in [4.78, 5) is 51.3. The van der Waals surface area contributed by atoms with E-state index in [0.717, 1.165) is 57.1 Å². The zero-order valence-electron chi connectivity index (χ0n) is 23.8. The zero-order chi connectivity index (χ0) is 27.9. The molecule has 3 saturated heterocycles. The highest BCUT2D eigenvalue weighted by atomic mass is 32.1. The molecule has 5 rings (SSSR count). The molecule has 3 amide bonds. The normalized spacial score (nSPS) is 23.3. The summed E-state index contributed by atoms with van der Waals surface area (Å²) < 4.78 is 5.44. The Kier molecular flexibility index (Phi) is 7.63. The number of piperidine rings is 2. The minimum Gasteiger partial charge on any atom is -0.444 e. The number of nitrogens with zero attached hydrogens (tertiary/aromatic N) is 4. The summed E-state index contributed by atoms with van der Waals surface area (Å²) in [6, 6.07) is 4.31. The van der Waals surface area contributed by atoms with E-state index in [2.05, 4.69) is 29.0 Å². The molecule has 2 aromatic heterocycles. The first-order valence-electron chi connectivity index (χ1n) is 14.2. The molecule has 0 aromatic carbocycles. The average molecular weight is 556 g/mol. The molecule has 3 fully saturated rings. The van der Waals surface area contributed by atoms with Crippen LogP contribution in [0.4, 0.5) is 9.80 Å². The van der Waals surface area contributed by atoms with E-state index < -0.39 is 11.7 Å². The predicted octanol–water partition coefficient (Wildman–Crippen LogP) is 4.97. The molecule has 1 unspecified atom stereocenters. The number of carbonyl (C=O) groups is 3. The van der Waals surface area contributed by atoms with Crippen LogP contribution in [0.2, 0.25) is 0 Å². The molecule has 10 heteroatoms. The Balaban J connectivity index is 1.27. The van der Waals surface area contributed by atoms with Crippen LogP contribution >= 0.6 is 11.3 Å². The van der Waals surface area contributed by atoms with Crippen molar-refractivity contribution in [1.82, 2.24) is 19.7 Å². The number of aromatic nitrogens is 1. The van der Waals surface area contributed by atoms with E-state index >= 15 is 0 Å². The van der Waals surface area contributed by atoms with Gasteiger partial charge in [-0.2, -0.15) is 0 Å². The van der Waals surface area contributed by atoms with Crippen LogP contribution in [-0.4, -0.2) is 88.0 Å². The van der Waals surface area contributed by atoms with E-state index in [0.29, 0.717) is 40.4 Å². The topological polar surface area (TPSA) is 95.1 Å². The minimum absolute atomic E-state index is 0.0904. The number of hydrogen-bond donors (Lipinski definition) is 1. The maximum Gasteiger partial charge on any atom is 0.412 e. The van der Waals surface area contributed by atoms with Crippen molar-refractivity contribution in [3.8, 4) is 0 Å². The van der Waals surface area contributed by atoms with Gasteiger partial charge in [0, 0.05) is 49.8 Å². The van der Waals surface area contributed by atoms with Gasteiger partial charge in [-0.3, -0.25) is 19.8 Å². The summed E-state index contributed by atoms with van der Waals surface area (Å²) in [7, 11) is 0. The predicted molar refractivity (Wildman–Crippen MR) is 153 cm³/mol. The summed E-state index contributed by atoms with van der Waals surface area (Å²) in [5, 5.41) is 4.02. The Morgan fingerprint density at radius 3 is 2.56 bits per heavy atom. The fourth-order valence-corrected chi connectivity index (χ4v) is 7.44. The SMILES string of the molecule is CC(C)N1CCC2(CCCN(C3CCN(C(=O)c4c(NC(=O)OC(C)(C)C)sc5ncccc45)CC3)C2)C1=O. The average Bonchev–Trinajstić information content (AvgIpc) is 3.39. The van der Waals surface area contributed by atoms with Crippen LogP contribution in [0.5, 0.6) is 0 Å². The van der Waals surface area contributed by atoms with Gasteiger partial charge in [-0.25, -0.2) is 9.78 Å². The number of fused-ring (bicyclic) bond motifs is 1. The molecule has 2 aromatic rings. The first kappa shape index (κ1) is 27.8. The van der Waals surface area contributed by atoms with Gasteiger partial charge in [0.1, 0.15) is 15.4 Å². The smallest absolute Gasteiger partial charge is 0.412 e.